The van der Waals surface area contributed by atoms with Crippen LogP contribution in [0.25, 0.3) is 11.0 Å². The molecule has 0 aliphatic heterocycles. The van der Waals surface area contributed by atoms with E-state index in [2.05, 4.69) is 10.3 Å². The average Bonchev–Trinajstić information content (AvgIpc) is 2.88. The van der Waals surface area contributed by atoms with Gasteiger partial charge in [-0.15, -0.1) is 11.6 Å². The number of aromatic nitrogens is 1. The molecule has 0 aliphatic rings. The first kappa shape index (κ1) is 12.1. The van der Waals surface area contributed by atoms with Crippen molar-refractivity contribution in [3.63, 3.8) is 0 Å². The lowest BCUT2D eigenvalue weighted by Gasteiger charge is -2.13. The van der Waals surface area contributed by atoms with Crippen LogP contribution in [0, 0.1) is 0 Å². The number of anilines is 2. The van der Waals surface area contributed by atoms with Crippen molar-refractivity contribution in [2.45, 2.75) is 12.3 Å². The third kappa shape index (κ3) is 2.29. The molecular weight excluding hydrogens is 260 g/mol. The molecular formula is C15H13ClN2O. The standard InChI is InChI=1S/C15H13ClN2O/c1-10(16)11-4-2-3-5-13(11)18-15-12-7-9-19-14(12)6-8-17-15/h2-10H,1H3,(H,17,18). The van der Waals surface area contributed by atoms with Gasteiger partial charge in [0.15, 0.2) is 0 Å². The van der Waals surface area contributed by atoms with E-state index in [0.717, 1.165) is 28.0 Å². The molecule has 3 nitrogen and oxygen atoms in total. The number of alkyl halides is 1. The van der Waals surface area contributed by atoms with E-state index in [9.17, 15) is 0 Å². The Morgan fingerprint density at radius 1 is 1.21 bits per heavy atom. The number of halogens is 1. The summed E-state index contributed by atoms with van der Waals surface area (Å²) in [5.41, 5.74) is 2.83. The van der Waals surface area contributed by atoms with Gasteiger partial charge in [-0.25, -0.2) is 4.98 Å². The molecule has 1 N–H and O–H groups in total. The smallest absolute Gasteiger partial charge is 0.141 e. The molecule has 0 amide bonds. The van der Waals surface area contributed by atoms with Crippen LogP contribution >= 0.6 is 11.6 Å². The van der Waals surface area contributed by atoms with Crippen molar-refractivity contribution in [1.29, 1.82) is 0 Å². The molecule has 19 heavy (non-hydrogen) atoms. The Bertz CT molecular complexity index is 706. The molecule has 2 aromatic heterocycles. The fourth-order valence-corrected chi connectivity index (χ4v) is 2.27. The monoisotopic (exact) mass is 272 g/mol. The number of benzene rings is 1. The minimum absolute atomic E-state index is 0.0627. The fourth-order valence-electron chi connectivity index (χ4n) is 2.08. The fraction of sp³-hybridized carbons (Fsp3) is 0.133. The van der Waals surface area contributed by atoms with Crippen molar-refractivity contribution < 1.29 is 4.42 Å². The van der Waals surface area contributed by atoms with E-state index in [0.29, 0.717) is 0 Å². The zero-order valence-electron chi connectivity index (χ0n) is 10.4. The number of pyridine rings is 1. The molecule has 1 aromatic carbocycles. The van der Waals surface area contributed by atoms with E-state index in [1.807, 2.05) is 43.3 Å². The van der Waals surface area contributed by atoms with E-state index < -0.39 is 0 Å². The van der Waals surface area contributed by atoms with Crippen LogP contribution in [0.2, 0.25) is 0 Å². The van der Waals surface area contributed by atoms with Crippen molar-refractivity contribution in [3.8, 4) is 0 Å². The second-order valence-electron chi connectivity index (χ2n) is 4.32. The van der Waals surface area contributed by atoms with Crippen molar-refractivity contribution >= 4 is 34.1 Å². The van der Waals surface area contributed by atoms with E-state index in [1.54, 1.807) is 12.5 Å². The molecule has 0 bridgehead atoms. The molecule has 1 atom stereocenters. The minimum Gasteiger partial charge on any atom is -0.464 e. The summed E-state index contributed by atoms with van der Waals surface area (Å²) in [6, 6.07) is 11.7. The van der Waals surface area contributed by atoms with Crippen molar-refractivity contribution in [2.75, 3.05) is 5.32 Å². The van der Waals surface area contributed by atoms with Crippen molar-refractivity contribution in [2.24, 2.45) is 0 Å². The molecule has 0 fully saturated rings. The Kier molecular flexibility index (Phi) is 3.13. The SMILES string of the molecule is CC(Cl)c1ccccc1Nc1nccc2occc12. The van der Waals surface area contributed by atoms with Gasteiger partial charge >= 0.3 is 0 Å². The summed E-state index contributed by atoms with van der Waals surface area (Å²) in [6.45, 7) is 1.95. The maximum atomic E-state index is 6.19. The van der Waals surface area contributed by atoms with Gasteiger partial charge in [0.1, 0.15) is 11.4 Å². The zero-order chi connectivity index (χ0) is 13.2. The highest BCUT2D eigenvalue weighted by Gasteiger charge is 2.10. The Labute approximate surface area is 116 Å². The first-order chi connectivity index (χ1) is 9.25. The number of nitrogens with zero attached hydrogens (tertiary/aromatic N) is 1. The molecule has 0 spiro atoms. The molecule has 0 radical (unpaired) electrons. The Hall–Kier alpha value is -2.00. The highest BCUT2D eigenvalue weighted by molar-refractivity contribution is 6.21. The van der Waals surface area contributed by atoms with E-state index in [4.69, 9.17) is 16.0 Å². The minimum atomic E-state index is -0.0627. The van der Waals surface area contributed by atoms with Gasteiger partial charge in [-0.3, -0.25) is 0 Å². The van der Waals surface area contributed by atoms with Crippen LogP contribution in [0.5, 0.6) is 0 Å². The van der Waals surface area contributed by atoms with Gasteiger partial charge < -0.3 is 9.73 Å². The first-order valence-electron chi connectivity index (χ1n) is 6.08. The highest BCUT2D eigenvalue weighted by atomic mass is 35.5. The van der Waals surface area contributed by atoms with Gasteiger partial charge in [0.25, 0.3) is 0 Å². The average molecular weight is 273 g/mol. The summed E-state index contributed by atoms with van der Waals surface area (Å²) in [6.07, 6.45) is 3.38. The predicted octanol–water partition coefficient (Wildman–Crippen LogP) is 4.87. The van der Waals surface area contributed by atoms with Crippen LogP contribution in [0.3, 0.4) is 0 Å². The van der Waals surface area contributed by atoms with Crippen LogP contribution in [0.1, 0.15) is 17.9 Å². The first-order valence-corrected chi connectivity index (χ1v) is 6.51. The molecule has 0 saturated heterocycles. The predicted molar refractivity (Wildman–Crippen MR) is 78.0 cm³/mol. The number of nitrogens with one attached hydrogen (secondary N) is 1. The second kappa shape index (κ2) is 4.94. The van der Waals surface area contributed by atoms with Crippen molar-refractivity contribution in [3.05, 3.63) is 54.4 Å². The summed E-state index contributed by atoms with van der Waals surface area (Å²) < 4.78 is 5.37. The summed E-state index contributed by atoms with van der Waals surface area (Å²) in [4.78, 5) is 4.36. The lowest BCUT2D eigenvalue weighted by atomic mass is 10.1. The van der Waals surface area contributed by atoms with Gasteiger partial charge in [0, 0.05) is 11.9 Å². The van der Waals surface area contributed by atoms with Crippen LogP contribution in [0.15, 0.2) is 53.3 Å². The third-order valence-corrected chi connectivity index (χ3v) is 3.26. The number of furan rings is 1. The lowest BCUT2D eigenvalue weighted by molar-refractivity contribution is 0.615. The quantitative estimate of drug-likeness (QED) is 0.691. The molecule has 3 aromatic rings. The third-order valence-electron chi connectivity index (χ3n) is 3.02. The number of fused-ring (bicyclic) bond motifs is 1. The largest absolute Gasteiger partial charge is 0.464 e. The second-order valence-corrected chi connectivity index (χ2v) is 4.97. The molecule has 0 saturated carbocycles. The Morgan fingerprint density at radius 2 is 2.05 bits per heavy atom. The maximum absolute atomic E-state index is 6.19. The topological polar surface area (TPSA) is 38.1 Å². The molecule has 2 heterocycles. The normalized spacial score (nSPS) is 12.5. The van der Waals surface area contributed by atoms with Gasteiger partial charge in [-0.05, 0) is 30.7 Å². The molecule has 0 aliphatic carbocycles. The van der Waals surface area contributed by atoms with Gasteiger partial charge in [0.05, 0.1) is 17.0 Å². The summed E-state index contributed by atoms with van der Waals surface area (Å²) in [5, 5.41) is 4.22. The highest BCUT2D eigenvalue weighted by Crippen LogP contribution is 2.31. The van der Waals surface area contributed by atoms with E-state index in [-0.39, 0.29) is 5.38 Å². The van der Waals surface area contributed by atoms with Crippen molar-refractivity contribution in [1.82, 2.24) is 4.98 Å². The number of hydrogen-bond acceptors (Lipinski definition) is 3. The van der Waals surface area contributed by atoms with Crippen LogP contribution in [-0.2, 0) is 0 Å². The van der Waals surface area contributed by atoms with E-state index >= 15 is 0 Å². The van der Waals surface area contributed by atoms with E-state index in [1.165, 1.54) is 0 Å². The van der Waals surface area contributed by atoms with Gasteiger partial charge in [-0.1, -0.05) is 18.2 Å². The maximum Gasteiger partial charge on any atom is 0.141 e. The number of hydrogen-bond donors (Lipinski definition) is 1. The number of rotatable bonds is 3. The zero-order valence-corrected chi connectivity index (χ0v) is 11.2. The molecule has 3 rings (SSSR count). The summed E-state index contributed by atoms with van der Waals surface area (Å²) in [7, 11) is 0. The Morgan fingerprint density at radius 3 is 2.89 bits per heavy atom. The Balaban J connectivity index is 2.04. The lowest BCUT2D eigenvalue weighted by Crippen LogP contribution is -1.98. The van der Waals surface area contributed by atoms with Gasteiger partial charge in [-0.2, -0.15) is 0 Å². The number of para-hydroxylation sites is 1. The molecule has 4 heteroatoms. The van der Waals surface area contributed by atoms with Crippen LogP contribution in [-0.4, -0.2) is 4.98 Å². The van der Waals surface area contributed by atoms with Crippen LogP contribution < -0.4 is 5.32 Å². The summed E-state index contributed by atoms with van der Waals surface area (Å²) >= 11 is 6.19. The summed E-state index contributed by atoms with van der Waals surface area (Å²) in [5.74, 6) is 0.774. The van der Waals surface area contributed by atoms with Crippen LogP contribution in [0.4, 0.5) is 11.5 Å². The van der Waals surface area contributed by atoms with Gasteiger partial charge in [0.2, 0.25) is 0 Å². The molecule has 1 unspecified atom stereocenters. The molecule has 96 valence electrons.